The molecule has 110 valence electrons. The third-order valence-electron chi connectivity index (χ3n) is 3.84. The van der Waals surface area contributed by atoms with Gasteiger partial charge in [-0.15, -0.1) is 0 Å². The van der Waals surface area contributed by atoms with Gasteiger partial charge < -0.3 is 11.1 Å². The van der Waals surface area contributed by atoms with Gasteiger partial charge in [0.25, 0.3) is 0 Å². The fourth-order valence-electron chi connectivity index (χ4n) is 1.93. The van der Waals surface area contributed by atoms with Gasteiger partial charge in [-0.1, -0.05) is 49.5 Å². The second-order valence-electron chi connectivity index (χ2n) is 5.45. The Morgan fingerprint density at radius 1 is 1.40 bits per heavy atom. The molecule has 20 heavy (non-hydrogen) atoms. The van der Waals surface area contributed by atoms with E-state index in [1.54, 1.807) is 6.92 Å². The van der Waals surface area contributed by atoms with Crippen LogP contribution in [-0.4, -0.2) is 16.9 Å². The second-order valence-corrected chi connectivity index (χ2v) is 5.89. The average molecular weight is 292 g/mol. The van der Waals surface area contributed by atoms with Crippen molar-refractivity contribution in [2.75, 3.05) is 0 Å². The number of nitrogens with one attached hydrogen (secondary N) is 1. The van der Waals surface area contributed by atoms with E-state index in [1.165, 1.54) is 5.56 Å². The molecule has 1 amide bonds. The second kappa shape index (κ2) is 7.39. The predicted molar refractivity (Wildman–Crippen MR) is 87.6 cm³/mol. The molecule has 0 radical (unpaired) electrons. The summed E-state index contributed by atoms with van der Waals surface area (Å²) >= 11 is 5.02. The van der Waals surface area contributed by atoms with Crippen molar-refractivity contribution in [2.24, 2.45) is 11.1 Å². The Bertz CT molecular complexity index is 461. The largest absolute Gasteiger partial charge is 0.392 e. The van der Waals surface area contributed by atoms with Crippen molar-refractivity contribution in [3.8, 4) is 0 Å². The molecule has 1 aromatic rings. The molecule has 1 rings (SSSR count). The van der Waals surface area contributed by atoms with Gasteiger partial charge in [-0.3, -0.25) is 4.79 Å². The quantitative estimate of drug-likeness (QED) is 0.760. The molecule has 0 saturated carbocycles. The molecule has 2 unspecified atom stereocenters. The third-order valence-corrected chi connectivity index (χ3v) is 4.29. The van der Waals surface area contributed by atoms with E-state index in [0.717, 1.165) is 12.8 Å². The van der Waals surface area contributed by atoms with Crippen LogP contribution in [0.1, 0.15) is 39.2 Å². The predicted octanol–water partition coefficient (Wildman–Crippen LogP) is 2.83. The molecule has 4 heteroatoms. The molecule has 0 aromatic heterocycles. The summed E-state index contributed by atoms with van der Waals surface area (Å²) in [6.07, 6.45) is 2.45. The summed E-state index contributed by atoms with van der Waals surface area (Å²) in [5.74, 6) is -0.0759. The summed E-state index contributed by atoms with van der Waals surface area (Å²) in [5, 5.41) is 3.02. The third kappa shape index (κ3) is 4.30. The van der Waals surface area contributed by atoms with Gasteiger partial charge in [0.1, 0.15) is 0 Å². The molecule has 3 N–H and O–H groups in total. The first-order chi connectivity index (χ1) is 9.40. The number of rotatable bonds is 7. The number of thiocarbonyl (C=S) groups is 1. The molecule has 0 fully saturated rings. The number of nitrogens with two attached hydrogens (primary N) is 1. The lowest BCUT2D eigenvalue weighted by Gasteiger charge is -2.27. The highest BCUT2D eigenvalue weighted by atomic mass is 32.1. The molecule has 2 atom stereocenters. The van der Waals surface area contributed by atoms with Crippen molar-refractivity contribution < 1.29 is 4.79 Å². The van der Waals surface area contributed by atoms with Gasteiger partial charge in [0, 0.05) is 6.04 Å². The van der Waals surface area contributed by atoms with Gasteiger partial charge in [-0.05, 0) is 38.7 Å². The SMILES string of the molecule is CCC(C)(C(=O)NC(C)CCc1ccccc1)C(N)=S. The highest BCUT2D eigenvalue weighted by molar-refractivity contribution is 7.80. The molecule has 0 bridgehead atoms. The summed E-state index contributed by atoms with van der Waals surface area (Å²) in [4.78, 5) is 12.5. The van der Waals surface area contributed by atoms with E-state index in [2.05, 4.69) is 17.4 Å². The zero-order chi connectivity index (χ0) is 15.2. The zero-order valence-electron chi connectivity index (χ0n) is 12.5. The first-order valence-electron chi connectivity index (χ1n) is 7.05. The van der Waals surface area contributed by atoms with Crippen LogP contribution in [0.4, 0.5) is 0 Å². The van der Waals surface area contributed by atoms with Crippen LogP contribution in [-0.2, 0) is 11.2 Å². The number of benzene rings is 1. The van der Waals surface area contributed by atoms with Crippen LogP contribution in [0.5, 0.6) is 0 Å². The highest BCUT2D eigenvalue weighted by Crippen LogP contribution is 2.22. The number of carbonyl (C=O) groups is 1. The van der Waals surface area contributed by atoms with Crippen LogP contribution in [0.3, 0.4) is 0 Å². The Kier molecular flexibility index (Phi) is 6.14. The minimum absolute atomic E-state index is 0.0759. The van der Waals surface area contributed by atoms with Crippen LogP contribution < -0.4 is 11.1 Å². The summed E-state index contributed by atoms with van der Waals surface area (Å²) in [6.45, 7) is 5.73. The van der Waals surface area contributed by atoms with Crippen molar-refractivity contribution in [1.82, 2.24) is 5.32 Å². The van der Waals surface area contributed by atoms with Crippen LogP contribution in [0.2, 0.25) is 0 Å². The smallest absolute Gasteiger partial charge is 0.232 e. The van der Waals surface area contributed by atoms with E-state index in [0.29, 0.717) is 6.42 Å². The van der Waals surface area contributed by atoms with Crippen molar-refractivity contribution >= 4 is 23.1 Å². The van der Waals surface area contributed by atoms with Gasteiger partial charge in [0.15, 0.2) is 0 Å². The van der Waals surface area contributed by atoms with E-state index in [1.807, 2.05) is 32.0 Å². The van der Waals surface area contributed by atoms with Gasteiger partial charge in [0.2, 0.25) is 5.91 Å². The number of hydrogen-bond acceptors (Lipinski definition) is 2. The first kappa shape index (κ1) is 16.6. The lowest BCUT2D eigenvalue weighted by Crippen LogP contribution is -2.49. The van der Waals surface area contributed by atoms with Gasteiger partial charge >= 0.3 is 0 Å². The molecular formula is C16H24N2OS. The Balaban J connectivity index is 2.51. The maximum absolute atomic E-state index is 12.3. The Hall–Kier alpha value is -1.42. The Morgan fingerprint density at radius 2 is 2.00 bits per heavy atom. The summed E-state index contributed by atoms with van der Waals surface area (Å²) in [5.41, 5.74) is 6.22. The maximum Gasteiger partial charge on any atom is 0.232 e. The highest BCUT2D eigenvalue weighted by Gasteiger charge is 2.34. The molecule has 0 aliphatic carbocycles. The zero-order valence-corrected chi connectivity index (χ0v) is 13.3. The molecule has 0 aliphatic heterocycles. The monoisotopic (exact) mass is 292 g/mol. The molecular weight excluding hydrogens is 268 g/mol. The van der Waals surface area contributed by atoms with Crippen molar-refractivity contribution in [2.45, 2.75) is 46.1 Å². The molecule has 0 aliphatic rings. The minimum Gasteiger partial charge on any atom is -0.392 e. The van der Waals surface area contributed by atoms with E-state index < -0.39 is 5.41 Å². The lowest BCUT2D eigenvalue weighted by molar-refractivity contribution is -0.127. The van der Waals surface area contributed by atoms with Crippen LogP contribution in [0.25, 0.3) is 0 Å². The van der Waals surface area contributed by atoms with Gasteiger partial charge in [-0.2, -0.15) is 0 Å². The van der Waals surface area contributed by atoms with E-state index in [4.69, 9.17) is 18.0 Å². The van der Waals surface area contributed by atoms with E-state index in [-0.39, 0.29) is 16.9 Å². The average Bonchev–Trinajstić information content (AvgIpc) is 2.45. The topological polar surface area (TPSA) is 55.1 Å². The Labute approximate surface area is 126 Å². The lowest BCUT2D eigenvalue weighted by atomic mass is 9.86. The molecule has 0 heterocycles. The van der Waals surface area contributed by atoms with Crippen molar-refractivity contribution in [1.29, 1.82) is 0 Å². The summed E-state index contributed by atoms with van der Waals surface area (Å²) in [6, 6.07) is 10.4. The Morgan fingerprint density at radius 3 is 2.50 bits per heavy atom. The van der Waals surface area contributed by atoms with Crippen LogP contribution in [0.15, 0.2) is 30.3 Å². The minimum atomic E-state index is -0.754. The standard InChI is InChI=1S/C16H24N2OS/c1-4-16(3,14(17)20)15(19)18-12(2)10-11-13-8-6-5-7-9-13/h5-9,12H,4,10-11H2,1-3H3,(H2,17,20)(H,18,19). The van der Waals surface area contributed by atoms with Gasteiger partial charge in [-0.25, -0.2) is 0 Å². The van der Waals surface area contributed by atoms with Crippen molar-refractivity contribution in [3.05, 3.63) is 35.9 Å². The summed E-state index contributed by atoms with van der Waals surface area (Å²) in [7, 11) is 0. The summed E-state index contributed by atoms with van der Waals surface area (Å²) < 4.78 is 0. The first-order valence-corrected chi connectivity index (χ1v) is 7.45. The number of amides is 1. The number of aryl methyl sites for hydroxylation is 1. The van der Waals surface area contributed by atoms with E-state index >= 15 is 0 Å². The fraction of sp³-hybridized carbons (Fsp3) is 0.500. The van der Waals surface area contributed by atoms with E-state index in [9.17, 15) is 4.79 Å². The number of carbonyl (C=O) groups excluding carboxylic acids is 1. The number of hydrogen-bond donors (Lipinski definition) is 2. The fourth-order valence-corrected chi connectivity index (χ4v) is 2.17. The van der Waals surface area contributed by atoms with Crippen LogP contribution in [0, 0.1) is 5.41 Å². The normalized spacial score (nSPS) is 15.2. The molecule has 1 aromatic carbocycles. The molecule has 0 spiro atoms. The van der Waals surface area contributed by atoms with Crippen LogP contribution >= 0.6 is 12.2 Å². The molecule has 0 saturated heterocycles. The maximum atomic E-state index is 12.3. The molecule has 3 nitrogen and oxygen atoms in total. The van der Waals surface area contributed by atoms with Crippen molar-refractivity contribution in [3.63, 3.8) is 0 Å². The van der Waals surface area contributed by atoms with Gasteiger partial charge in [0.05, 0.1) is 10.4 Å².